The molecule has 0 aliphatic rings. The van der Waals surface area contributed by atoms with E-state index >= 15 is 0 Å². The molecule has 0 aromatic rings. The molecular formula is C10H21O3P-2. The van der Waals surface area contributed by atoms with Crippen LogP contribution in [0.15, 0.2) is 0 Å². The molecule has 0 bridgehead atoms. The molecule has 86 valence electrons. The van der Waals surface area contributed by atoms with Crippen LogP contribution in [0, 0.1) is 11.8 Å². The highest BCUT2D eigenvalue weighted by molar-refractivity contribution is 7.50. The molecule has 0 unspecified atom stereocenters. The summed E-state index contributed by atoms with van der Waals surface area (Å²) in [7, 11) is -4.50. The number of hydrogen-bond donors (Lipinski definition) is 0. The van der Waals surface area contributed by atoms with Gasteiger partial charge in [-0.25, -0.2) is 0 Å². The summed E-state index contributed by atoms with van der Waals surface area (Å²) in [5, 5.41) is -1.07. The van der Waals surface area contributed by atoms with E-state index in [1.165, 1.54) is 0 Å². The minimum atomic E-state index is -4.50. The molecule has 14 heavy (non-hydrogen) atoms. The third kappa shape index (κ3) is 4.12. The van der Waals surface area contributed by atoms with Gasteiger partial charge >= 0.3 is 0 Å². The summed E-state index contributed by atoms with van der Waals surface area (Å²) in [4.78, 5) is 22.4. The van der Waals surface area contributed by atoms with E-state index in [1.54, 1.807) is 6.92 Å². The van der Waals surface area contributed by atoms with Crippen LogP contribution >= 0.6 is 7.60 Å². The zero-order valence-electron chi connectivity index (χ0n) is 9.74. The van der Waals surface area contributed by atoms with E-state index in [2.05, 4.69) is 0 Å². The normalized spacial score (nSPS) is 14.1. The fourth-order valence-electron chi connectivity index (χ4n) is 2.07. The van der Waals surface area contributed by atoms with Gasteiger partial charge < -0.3 is 14.4 Å². The Balaban J connectivity index is 4.77. The van der Waals surface area contributed by atoms with Crippen molar-refractivity contribution in [2.24, 2.45) is 11.8 Å². The van der Waals surface area contributed by atoms with Crippen LogP contribution in [0.2, 0.25) is 0 Å². The molecule has 0 atom stereocenters. The lowest BCUT2D eigenvalue weighted by molar-refractivity contribution is -0.321. The van der Waals surface area contributed by atoms with Gasteiger partial charge in [-0.05, 0) is 29.8 Å². The fourth-order valence-corrected chi connectivity index (χ4v) is 3.24. The Labute approximate surface area is 87.1 Å². The molecule has 0 fully saturated rings. The van der Waals surface area contributed by atoms with E-state index in [4.69, 9.17) is 0 Å². The van der Waals surface area contributed by atoms with E-state index in [0.717, 1.165) is 0 Å². The molecule has 0 heterocycles. The Morgan fingerprint density at radius 1 is 1.07 bits per heavy atom. The molecule has 4 heteroatoms. The topological polar surface area (TPSA) is 63.2 Å². The third-order valence-corrected chi connectivity index (χ3v) is 4.04. The SMILES string of the molecule is CC(C)CC(C)(CC(C)C)P(=O)([O-])[O-]. The first-order valence-corrected chi connectivity index (χ1v) is 6.65. The van der Waals surface area contributed by atoms with Gasteiger partial charge in [-0.2, -0.15) is 0 Å². The summed E-state index contributed by atoms with van der Waals surface area (Å²) < 4.78 is 11.2. The Hall–Kier alpha value is 0.150. The lowest BCUT2D eigenvalue weighted by atomic mass is 9.90. The predicted molar refractivity (Wildman–Crippen MR) is 54.9 cm³/mol. The summed E-state index contributed by atoms with van der Waals surface area (Å²) in [5.74, 6) is 0.463. The summed E-state index contributed by atoms with van der Waals surface area (Å²) >= 11 is 0. The van der Waals surface area contributed by atoms with Crippen molar-refractivity contribution >= 4 is 7.60 Å². The Morgan fingerprint density at radius 2 is 1.36 bits per heavy atom. The molecule has 0 spiro atoms. The van der Waals surface area contributed by atoms with Crippen molar-refractivity contribution in [1.29, 1.82) is 0 Å². The minimum absolute atomic E-state index is 0.231. The van der Waals surface area contributed by atoms with Crippen LogP contribution in [0.3, 0.4) is 0 Å². The molecule has 0 aliphatic carbocycles. The Kier molecular flexibility index (Phi) is 4.83. The van der Waals surface area contributed by atoms with Gasteiger partial charge in [0.2, 0.25) is 0 Å². The smallest absolute Gasteiger partial charge is 0.00430 e. The first-order valence-electron chi connectivity index (χ1n) is 5.10. The second-order valence-electron chi connectivity index (χ2n) is 5.19. The van der Waals surface area contributed by atoms with Crippen molar-refractivity contribution in [3.05, 3.63) is 0 Å². The summed E-state index contributed by atoms with van der Waals surface area (Å²) in [6.45, 7) is 9.33. The molecule has 0 aliphatic heterocycles. The van der Waals surface area contributed by atoms with Gasteiger partial charge in [-0.15, -0.1) is 0 Å². The van der Waals surface area contributed by atoms with Crippen LogP contribution in [0.25, 0.3) is 0 Å². The Morgan fingerprint density at radius 3 is 1.50 bits per heavy atom. The molecule has 3 nitrogen and oxygen atoms in total. The van der Waals surface area contributed by atoms with E-state index in [9.17, 15) is 14.4 Å². The second-order valence-corrected chi connectivity index (χ2v) is 7.26. The highest BCUT2D eigenvalue weighted by Gasteiger charge is 2.30. The first-order chi connectivity index (χ1) is 6.08. The minimum Gasteiger partial charge on any atom is -0.810 e. The van der Waals surface area contributed by atoms with E-state index in [-0.39, 0.29) is 11.8 Å². The zero-order chi connectivity index (χ0) is 11.6. The summed E-state index contributed by atoms with van der Waals surface area (Å²) in [6, 6.07) is 0. The maximum Gasteiger partial charge on any atom is -0.00430 e. The highest BCUT2D eigenvalue weighted by atomic mass is 31.2. The largest absolute Gasteiger partial charge is 0.810 e. The van der Waals surface area contributed by atoms with Gasteiger partial charge in [0.15, 0.2) is 0 Å². The van der Waals surface area contributed by atoms with Crippen molar-refractivity contribution in [2.75, 3.05) is 0 Å². The van der Waals surface area contributed by atoms with Crippen molar-refractivity contribution < 1.29 is 14.4 Å². The maximum atomic E-state index is 11.2. The average Bonchev–Trinajstić information content (AvgIpc) is 1.78. The number of rotatable bonds is 5. The van der Waals surface area contributed by atoms with Gasteiger partial charge in [0.05, 0.1) is 0 Å². The molecule has 0 saturated heterocycles. The maximum absolute atomic E-state index is 11.2. The van der Waals surface area contributed by atoms with Gasteiger partial charge in [-0.3, -0.25) is 0 Å². The van der Waals surface area contributed by atoms with E-state index in [1.807, 2.05) is 27.7 Å². The lowest BCUT2D eigenvalue weighted by Gasteiger charge is -2.49. The molecule has 0 aromatic heterocycles. The van der Waals surface area contributed by atoms with Crippen LogP contribution in [-0.2, 0) is 4.57 Å². The molecule has 0 rings (SSSR count). The first kappa shape index (κ1) is 14.2. The van der Waals surface area contributed by atoms with Gasteiger partial charge in [0.25, 0.3) is 0 Å². The molecule has 0 N–H and O–H groups in total. The molecule has 0 saturated carbocycles. The van der Waals surface area contributed by atoms with Crippen molar-refractivity contribution in [3.8, 4) is 0 Å². The fraction of sp³-hybridized carbons (Fsp3) is 1.00. The van der Waals surface area contributed by atoms with Gasteiger partial charge in [0, 0.05) is 0 Å². The van der Waals surface area contributed by atoms with E-state index < -0.39 is 12.8 Å². The zero-order valence-corrected chi connectivity index (χ0v) is 10.6. The molecule has 0 aromatic carbocycles. The summed E-state index contributed by atoms with van der Waals surface area (Å²) in [5.41, 5.74) is 0. The van der Waals surface area contributed by atoms with Crippen LogP contribution in [0.5, 0.6) is 0 Å². The van der Waals surface area contributed by atoms with Gasteiger partial charge in [-0.1, -0.05) is 42.2 Å². The quantitative estimate of drug-likeness (QED) is 0.663. The Bertz CT molecular complexity index is 207. The summed E-state index contributed by atoms with van der Waals surface area (Å²) in [6.07, 6.45) is 0.908. The van der Waals surface area contributed by atoms with Crippen LogP contribution < -0.4 is 9.79 Å². The highest BCUT2D eigenvalue weighted by Crippen LogP contribution is 2.50. The van der Waals surface area contributed by atoms with Crippen molar-refractivity contribution in [2.45, 2.75) is 52.6 Å². The van der Waals surface area contributed by atoms with Crippen molar-refractivity contribution in [1.82, 2.24) is 0 Å². The molecular weight excluding hydrogens is 199 g/mol. The van der Waals surface area contributed by atoms with Crippen LogP contribution in [-0.4, -0.2) is 5.16 Å². The lowest BCUT2D eigenvalue weighted by Crippen LogP contribution is -2.39. The molecule has 0 amide bonds. The predicted octanol–water partition coefficient (Wildman–Crippen LogP) is 1.75. The van der Waals surface area contributed by atoms with Crippen LogP contribution in [0.4, 0.5) is 0 Å². The van der Waals surface area contributed by atoms with E-state index in [0.29, 0.717) is 12.8 Å². The monoisotopic (exact) mass is 220 g/mol. The third-order valence-electron chi connectivity index (χ3n) is 2.36. The average molecular weight is 220 g/mol. The standard InChI is InChI=1S/C10H23O3P/c1-8(2)6-10(5,7-9(3)4)14(11,12)13/h8-9H,6-7H2,1-5H3,(H2,11,12,13)/p-2. The van der Waals surface area contributed by atoms with Gasteiger partial charge in [0.1, 0.15) is 0 Å². The van der Waals surface area contributed by atoms with Crippen LogP contribution in [0.1, 0.15) is 47.5 Å². The molecule has 0 radical (unpaired) electrons. The van der Waals surface area contributed by atoms with Crippen molar-refractivity contribution in [3.63, 3.8) is 0 Å². The second kappa shape index (κ2) is 4.78. The number of hydrogen-bond acceptors (Lipinski definition) is 3.